The second-order valence-electron chi connectivity index (χ2n) is 7.36. The number of likely N-dealkylation sites (N-methyl/N-ethyl adjacent to an activating group) is 1. The van der Waals surface area contributed by atoms with E-state index in [0.29, 0.717) is 28.6 Å². The molecule has 1 heterocycles. The lowest BCUT2D eigenvalue weighted by atomic mass is 9.88. The van der Waals surface area contributed by atoms with E-state index in [2.05, 4.69) is 15.8 Å². The Morgan fingerprint density at radius 3 is 2.47 bits per heavy atom. The SMILES string of the molecule is CCNC(=O)CNC(=O)c1ccc(C2=NO[C@](C)(c3cc(Cl)cc(Cl)c3)C2)cc1C. The van der Waals surface area contributed by atoms with Crippen molar-refractivity contribution in [1.29, 1.82) is 0 Å². The number of nitrogens with one attached hydrogen (secondary N) is 2. The van der Waals surface area contributed by atoms with Gasteiger partial charge in [0.2, 0.25) is 5.91 Å². The monoisotopic (exact) mass is 447 g/mol. The van der Waals surface area contributed by atoms with Crippen LogP contribution in [-0.2, 0) is 15.2 Å². The van der Waals surface area contributed by atoms with Crippen LogP contribution in [0, 0.1) is 6.92 Å². The number of nitrogens with zero attached hydrogens (tertiary/aromatic N) is 1. The summed E-state index contributed by atoms with van der Waals surface area (Å²) in [4.78, 5) is 29.7. The molecule has 30 heavy (non-hydrogen) atoms. The van der Waals surface area contributed by atoms with Crippen LogP contribution in [0.1, 0.15) is 47.3 Å². The first-order valence-corrected chi connectivity index (χ1v) is 10.3. The van der Waals surface area contributed by atoms with E-state index < -0.39 is 5.60 Å². The van der Waals surface area contributed by atoms with Crippen molar-refractivity contribution in [3.05, 3.63) is 68.7 Å². The van der Waals surface area contributed by atoms with Gasteiger partial charge in [0.25, 0.3) is 5.91 Å². The van der Waals surface area contributed by atoms with Gasteiger partial charge < -0.3 is 15.5 Å². The molecule has 158 valence electrons. The van der Waals surface area contributed by atoms with Crippen LogP contribution in [0.15, 0.2) is 41.6 Å². The molecule has 0 spiro atoms. The van der Waals surface area contributed by atoms with E-state index in [1.165, 1.54) is 0 Å². The van der Waals surface area contributed by atoms with Crippen molar-refractivity contribution < 1.29 is 14.4 Å². The normalized spacial score (nSPS) is 17.8. The van der Waals surface area contributed by atoms with Crippen molar-refractivity contribution in [2.24, 2.45) is 5.16 Å². The number of aryl methyl sites for hydroxylation is 1. The lowest BCUT2D eigenvalue weighted by Gasteiger charge is -2.22. The standard InChI is InChI=1S/C22H23Cl2N3O3/c1-4-25-20(28)12-26-21(29)18-6-5-14(7-13(18)2)19-11-22(3,30-27-19)15-8-16(23)10-17(24)9-15/h5-10H,4,11-12H2,1-3H3,(H,25,28)(H,26,29)/t22-/m0/s1. The van der Waals surface area contributed by atoms with Crippen LogP contribution in [0.2, 0.25) is 10.0 Å². The topological polar surface area (TPSA) is 79.8 Å². The molecular weight excluding hydrogens is 425 g/mol. The fourth-order valence-electron chi connectivity index (χ4n) is 3.32. The minimum Gasteiger partial charge on any atom is -0.384 e. The minimum atomic E-state index is -0.680. The van der Waals surface area contributed by atoms with Gasteiger partial charge in [-0.2, -0.15) is 0 Å². The van der Waals surface area contributed by atoms with Crippen LogP contribution in [0.4, 0.5) is 0 Å². The van der Waals surface area contributed by atoms with Gasteiger partial charge in [-0.25, -0.2) is 0 Å². The van der Waals surface area contributed by atoms with Crippen LogP contribution >= 0.6 is 23.2 Å². The molecule has 2 N–H and O–H groups in total. The number of rotatable bonds is 6. The number of carbonyl (C=O) groups is 2. The molecule has 0 aromatic heterocycles. The van der Waals surface area contributed by atoms with Gasteiger partial charge in [0, 0.05) is 34.1 Å². The first-order valence-electron chi connectivity index (χ1n) is 9.59. The van der Waals surface area contributed by atoms with Crippen molar-refractivity contribution in [2.75, 3.05) is 13.1 Å². The fraction of sp³-hybridized carbons (Fsp3) is 0.318. The van der Waals surface area contributed by atoms with Gasteiger partial charge in [-0.1, -0.05) is 34.4 Å². The molecule has 0 saturated carbocycles. The molecule has 0 radical (unpaired) electrons. The van der Waals surface area contributed by atoms with E-state index in [1.54, 1.807) is 12.1 Å². The predicted octanol–water partition coefficient (Wildman–Crippen LogP) is 4.21. The maximum atomic E-state index is 12.4. The summed E-state index contributed by atoms with van der Waals surface area (Å²) >= 11 is 12.3. The van der Waals surface area contributed by atoms with Gasteiger partial charge >= 0.3 is 0 Å². The van der Waals surface area contributed by atoms with Crippen molar-refractivity contribution >= 4 is 40.7 Å². The number of amides is 2. The maximum Gasteiger partial charge on any atom is 0.251 e. The molecule has 0 bridgehead atoms. The number of carbonyl (C=O) groups excluding carboxylic acids is 2. The zero-order valence-corrected chi connectivity index (χ0v) is 18.5. The van der Waals surface area contributed by atoms with E-state index in [0.717, 1.165) is 22.4 Å². The molecule has 3 rings (SSSR count). The highest BCUT2D eigenvalue weighted by Gasteiger charge is 2.37. The first kappa shape index (κ1) is 22.1. The average Bonchev–Trinajstić information content (AvgIpc) is 3.09. The summed E-state index contributed by atoms with van der Waals surface area (Å²) < 4.78 is 0. The summed E-state index contributed by atoms with van der Waals surface area (Å²) in [6.45, 7) is 6.06. The molecular formula is C22H23Cl2N3O3. The Bertz CT molecular complexity index is 1000. The summed E-state index contributed by atoms with van der Waals surface area (Å²) in [5, 5.41) is 10.6. The van der Waals surface area contributed by atoms with E-state index >= 15 is 0 Å². The smallest absolute Gasteiger partial charge is 0.251 e. The number of benzene rings is 2. The second-order valence-corrected chi connectivity index (χ2v) is 8.23. The van der Waals surface area contributed by atoms with Crippen LogP contribution < -0.4 is 10.6 Å². The lowest BCUT2D eigenvalue weighted by molar-refractivity contribution is -0.120. The molecule has 1 aliphatic rings. The third-order valence-corrected chi connectivity index (χ3v) is 5.36. The Labute approximate surface area is 185 Å². The summed E-state index contributed by atoms with van der Waals surface area (Å²) in [6.07, 6.45) is 0.534. The molecule has 2 aromatic carbocycles. The van der Waals surface area contributed by atoms with Crippen molar-refractivity contribution in [3.63, 3.8) is 0 Å². The van der Waals surface area contributed by atoms with E-state index in [9.17, 15) is 9.59 Å². The molecule has 0 unspecified atom stereocenters. The summed E-state index contributed by atoms with van der Waals surface area (Å²) in [5.41, 5.74) is 3.09. The molecule has 2 amide bonds. The average molecular weight is 448 g/mol. The summed E-state index contributed by atoms with van der Waals surface area (Å²) in [5.74, 6) is -0.522. The molecule has 0 saturated heterocycles. The van der Waals surface area contributed by atoms with E-state index in [-0.39, 0.29) is 18.4 Å². The van der Waals surface area contributed by atoms with Gasteiger partial charge in [0.15, 0.2) is 5.60 Å². The van der Waals surface area contributed by atoms with Crippen molar-refractivity contribution in [3.8, 4) is 0 Å². The zero-order valence-electron chi connectivity index (χ0n) is 17.0. The molecule has 6 nitrogen and oxygen atoms in total. The Balaban J connectivity index is 1.72. The Kier molecular flexibility index (Phi) is 6.68. The second kappa shape index (κ2) is 9.06. The van der Waals surface area contributed by atoms with Crippen LogP contribution in [0.3, 0.4) is 0 Å². The highest BCUT2D eigenvalue weighted by Crippen LogP contribution is 2.38. The Morgan fingerprint density at radius 2 is 1.83 bits per heavy atom. The molecule has 1 aliphatic heterocycles. The van der Waals surface area contributed by atoms with Gasteiger partial charge in [0.05, 0.1) is 12.3 Å². The molecule has 8 heteroatoms. The third kappa shape index (κ3) is 4.94. The van der Waals surface area contributed by atoms with Crippen molar-refractivity contribution in [1.82, 2.24) is 10.6 Å². The quantitative estimate of drug-likeness (QED) is 0.695. The van der Waals surface area contributed by atoms with Crippen LogP contribution in [-0.4, -0.2) is 30.6 Å². The molecule has 1 atom stereocenters. The Hall–Kier alpha value is -2.57. The highest BCUT2D eigenvalue weighted by atomic mass is 35.5. The maximum absolute atomic E-state index is 12.4. The van der Waals surface area contributed by atoms with Gasteiger partial charge in [-0.15, -0.1) is 0 Å². The lowest BCUT2D eigenvalue weighted by Crippen LogP contribution is -2.37. The predicted molar refractivity (Wildman–Crippen MR) is 118 cm³/mol. The highest BCUT2D eigenvalue weighted by molar-refractivity contribution is 6.34. The van der Waals surface area contributed by atoms with Crippen LogP contribution in [0.25, 0.3) is 0 Å². The van der Waals surface area contributed by atoms with E-state index in [4.69, 9.17) is 28.0 Å². The number of hydrogen-bond acceptors (Lipinski definition) is 4. The molecule has 0 fully saturated rings. The first-order chi connectivity index (χ1) is 14.2. The number of oxime groups is 1. The summed E-state index contributed by atoms with van der Waals surface area (Å²) in [7, 11) is 0. The van der Waals surface area contributed by atoms with Gasteiger partial charge in [-0.05, 0) is 62.2 Å². The zero-order chi connectivity index (χ0) is 21.9. The minimum absolute atomic E-state index is 0.0606. The van der Waals surface area contributed by atoms with E-state index in [1.807, 2.05) is 45.0 Å². The molecule has 0 aliphatic carbocycles. The van der Waals surface area contributed by atoms with Gasteiger partial charge in [0.1, 0.15) is 0 Å². The van der Waals surface area contributed by atoms with Crippen LogP contribution in [0.5, 0.6) is 0 Å². The fourth-order valence-corrected chi connectivity index (χ4v) is 3.85. The largest absolute Gasteiger partial charge is 0.384 e. The summed E-state index contributed by atoms with van der Waals surface area (Å²) in [6, 6.07) is 10.8. The number of hydrogen-bond donors (Lipinski definition) is 2. The molecule has 2 aromatic rings. The Morgan fingerprint density at radius 1 is 1.13 bits per heavy atom. The van der Waals surface area contributed by atoms with Crippen molar-refractivity contribution in [2.45, 2.75) is 32.8 Å². The third-order valence-electron chi connectivity index (χ3n) is 4.92. The number of halogens is 2. The van der Waals surface area contributed by atoms with Gasteiger partial charge in [-0.3, -0.25) is 9.59 Å².